The first-order valence-electron chi connectivity index (χ1n) is 12.3. The van der Waals surface area contributed by atoms with Crippen LogP contribution in [-0.2, 0) is 9.53 Å². The summed E-state index contributed by atoms with van der Waals surface area (Å²) in [6.07, 6.45) is 10.0. The van der Waals surface area contributed by atoms with Crippen molar-refractivity contribution < 1.29 is 9.53 Å². The molecule has 1 aliphatic carbocycles. The fraction of sp³-hybridized carbons (Fsp3) is 0.538. The van der Waals surface area contributed by atoms with E-state index in [0.29, 0.717) is 12.0 Å². The van der Waals surface area contributed by atoms with Gasteiger partial charge in [-0.2, -0.15) is 10.1 Å². The van der Waals surface area contributed by atoms with Crippen LogP contribution in [0, 0.1) is 6.92 Å². The van der Waals surface area contributed by atoms with Crippen molar-refractivity contribution in [2.45, 2.75) is 58.9 Å². The average molecular weight is 469 g/mol. The fourth-order valence-corrected chi connectivity index (χ4v) is 3.91. The number of morpholine rings is 1. The molecule has 0 radical (unpaired) electrons. The Labute approximate surface area is 203 Å². The number of rotatable bonds is 3. The van der Waals surface area contributed by atoms with Crippen LogP contribution in [-0.4, -0.2) is 64.8 Å². The smallest absolute Gasteiger partial charge is 0.229 e. The Morgan fingerprint density at radius 1 is 1.00 bits per heavy atom. The van der Waals surface area contributed by atoms with Gasteiger partial charge in [-0.15, -0.1) is 0 Å². The molecule has 8 nitrogen and oxygen atoms in total. The molecule has 2 aliphatic rings. The van der Waals surface area contributed by atoms with Crippen LogP contribution < -0.4 is 5.32 Å². The Balaban J connectivity index is 0.000000313. The molecule has 1 aliphatic heterocycles. The lowest BCUT2D eigenvalue weighted by Crippen LogP contribution is -2.32. The van der Waals surface area contributed by atoms with E-state index in [4.69, 9.17) is 14.5 Å². The number of hydrogen-bond donors (Lipinski definition) is 1. The monoisotopic (exact) mass is 468 g/mol. The summed E-state index contributed by atoms with van der Waals surface area (Å²) in [6, 6.07) is 8.71. The minimum absolute atomic E-state index is 0.475. The number of nitrogens with zero attached hydrogens (tertiary/aromatic N) is 5. The van der Waals surface area contributed by atoms with Crippen molar-refractivity contribution in [2.75, 3.05) is 38.7 Å². The fourth-order valence-electron chi connectivity index (χ4n) is 3.91. The molecule has 186 valence electrons. The lowest BCUT2D eigenvalue weighted by molar-refractivity contribution is -0.0979. The van der Waals surface area contributed by atoms with Crippen LogP contribution in [0.2, 0.25) is 0 Å². The molecular weight excluding hydrogens is 428 g/mol. The number of aryl methyl sites for hydroxylation is 1. The SMILES string of the molecule is C=O.CC.CN1CCOCC1.Cc1ccc(Nc2ncc3cnn(C4CCCCC4)c3n2)cc1. The minimum atomic E-state index is 0.475. The second kappa shape index (κ2) is 15.1. The van der Waals surface area contributed by atoms with Crippen molar-refractivity contribution >= 4 is 29.5 Å². The molecule has 2 aromatic heterocycles. The molecule has 8 heteroatoms. The van der Waals surface area contributed by atoms with E-state index in [1.54, 1.807) is 0 Å². The van der Waals surface area contributed by atoms with Crippen molar-refractivity contribution in [3.63, 3.8) is 0 Å². The van der Waals surface area contributed by atoms with Gasteiger partial charge < -0.3 is 19.7 Å². The van der Waals surface area contributed by atoms with E-state index in [-0.39, 0.29) is 0 Å². The number of aromatic nitrogens is 4. The molecule has 1 aromatic carbocycles. The number of likely N-dealkylation sites (N-methyl/N-ethyl adjacent to an activating group) is 1. The zero-order valence-electron chi connectivity index (χ0n) is 21.2. The van der Waals surface area contributed by atoms with Gasteiger partial charge in [0.2, 0.25) is 5.95 Å². The van der Waals surface area contributed by atoms with Crippen molar-refractivity contribution in [1.29, 1.82) is 0 Å². The van der Waals surface area contributed by atoms with Crippen LogP contribution in [0.3, 0.4) is 0 Å². The second-order valence-electron chi connectivity index (χ2n) is 8.26. The highest BCUT2D eigenvalue weighted by Crippen LogP contribution is 2.30. The normalized spacial score (nSPS) is 16.2. The van der Waals surface area contributed by atoms with E-state index < -0.39 is 0 Å². The number of carbonyl (C=O) groups excluding carboxylic acids is 1. The maximum atomic E-state index is 8.00. The number of nitrogens with one attached hydrogen (secondary N) is 1. The molecule has 0 spiro atoms. The molecule has 34 heavy (non-hydrogen) atoms. The average Bonchev–Trinajstić information content (AvgIpc) is 3.33. The van der Waals surface area contributed by atoms with Gasteiger partial charge in [-0.1, -0.05) is 50.8 Å². The summed E-state index contributed by atoms with van der Waals surface area (Å²) in [5.74, 6) is 0.624. The zero-order chi connectivity index (χ0) is 24.8. The van der Waals surface area contributed by atoms with Gasteiger partial charge in [0, 0.05) is 25.0 Å². The molecule has 0 amide bonds. The maximum Gasteiger partial charge on any atom is 0.229 e. The first kappa shape index (κ1) is 27.4. The van der Waals surface area contributed by atoms with Gasteiger partial charge in [0.1, 0.15) is 6.79 Å². The Hall–Kier alpha value is -2.84. The predicted molar refractivity (Wildman–Crippen MR) is 139 cm³/mol. The Bertz CT molecular complexity index is 948. The van der Waals surface area contributed by atoms with Crippen LogP contribution in [0.25, 0.3) is 11.0 Å². The zero-order valence-corrected chi connectivity index (χ0v) is 21.2. The summed E-state index contributed by atoms with van der Waals surface area (Å²) in [5, 5.41) is 8.85. The number of benzene rings is 1. The molecule has 0 atom stereocenters. The van der Waals surface area contributed by atoms with E-state index >= 15 is 0 Å². The summed E-state index contributed by atoms with van der Waals surface area (Å²) >= 11 is 0. The lowest BCUT2D eigenvalue weighted by Gasteiger charge is -2.22. The summed E-state index contributed by atoms with van der Waals surface area (Å²) < 4.78 is 7.19. The largest absolute Gasteiger partial charge is 0.379 e. The van der Waals surface area contributed by atoms with Crippen molar-refractivity contribution in [3.8, 4) is 0 Å². The Morgan fingerprint density at radius 3 is 2.24 bits per heavy atom. The molecule has 0 bridgehead atoms. The van der Waals surface area contributed by atoms with Gasteiger partial charge in [0.05, 0.1) is 30.8 Å². The summed E-state index contributed by atoms with van der Waals surface area (Å²) in [5.41, 5.74) is 3.17. The van der Waals surface area contributed by atoms with Crippen molar-refractivity contribution in [2.24, 2.45) is 0 Å². The van der Waals surface area contributed by atoms with Gasteiger partial charge in [-0.25, -0.2) is 9.67 Å². The van der Waals surface area contributed by atoms with Gasteiger partial charge in [0.25, 0.3) is 0 Å². The number of hydrogen-bond acceptors (Lipinski definition) is 7. The van der Waals surface area contributed by atoms with Crippen LogP contribution in [0.1, 0.15) is 57.6 Å². The Morgan fingerprint density at radius 2 is 1.65 bits per heavy atom. The summed E-state index contributed by atoms with van der Waals surface area (Å²) in [4.78, 5) is 19.4. The van der Waals surface area contributed by atoms with E-state index in [9.17, 15) is 0 Å². The molecule has 1 saturated carbocycles. The van der Waals surface area contributed by atoms with Crippen LogP contribution >= 0.6 is 0 Å². The highest BCUT2D eigenvalue weighted by Gasteiger charge is 2.19. The Kier molecular flexibility index (Phi) is 12.2. The van der Waals surface area contributed by atoms with E-state index in [2.05, 4.69) is 51.1 Å². The molecule has 5 rings (SSSR count). The van der Waals surface area contributed by atoms with Crippen molar-refractivity contribution in [3.05, 3.63) is 42.2 Å². The highest BCUT2D eigenvalue weighted by molar-refractivity contribution is 5.75. The van der Waals surface area contributed by atoms with Crippen LogP contribution in [0.15, 0.2) is 36.7 Å². The number of anilines is 2. The first-order chi connectivity index (χ1) is 16.7. The van der Waals surface area contributed by atoms with Gasteiger partial charge in [-0.3, -0.25) is 0 Å². The van der Waals surface area contributed by atoms with Gasteiger partial charge in [-0.05, 0) is 38.9 Å². The molecule has 0 unspecified atom stereocenters. The quantitative estimate of drug-likeness (QED) is 0.567. The molecule has 2 fully saturated rings. The number of fused-ring (bicyclic) bond motifs is 1. The second-order valence-corrected chi connectivity index (χ2v) is 8.26. The third-order valence-electron chi connectivity index (χ3n) is 5.80. The number of carbonyl (C=O) groups is 1. The first-order valence-corrected chi connectivity index (χ1v) is 12.3. The van der Waals surface area contributed by atoms with E-state index in [0.717, 1.165) is 43.0 Å². The summed E-state index contributed by atoms with van der Waals surface area (Å²) in [7, 11) is 2.11. The lowest BCUT2D eigenvalue weighted by atomic mass is 9.96. The molecule has 3 heterocycles. The highest BCUT2D eigenvalue weighted by atomic mass is 16.5. The standard InChI is InChI=1S/C18H21N5.C5H11NO.C2H6.CH2O/c1-13-7-9-15(10-8-13)21-18-19-11-14-12-20-23(17(14)22-18)16-5-3-2-4-6-16;1-6-2-4-7-5-3-6;2*1-2/h7-12,16H,2-6H2,1H3,(H,19,21,22);2-5H2,1H3;1-2H3;1H2. The molecule has 3 aromatic rings. The maximum absolute atomic E-state index is 8.00. The van der Waals surface area contributed by atoms with E-state index in [1.807, 2.05) is 45.2 Å². The van der Waals surface area contributed by atoms with Crippen molar-refractivity contribution in [1.82, 2.24) is 24.6 Å². The van der Waals surface area contributed by atoms with Crippen LogP contribution in [0.4, 0.5) is 11.6 Å². The van der Waals surface area contributed by atoms with E-state index in [1.165, 1.54) is 37.7 Å². The topological polar surface area (TPSA) is 85.2 Å². The third-order valence-corrected chi connectivity index (χ3v) is 5.80. The molecular formula is C26H40N6O2. The van der Waals surface area contributed by atoms with Crippen LogP contribution in [0.5, 0.6) is 0 Å². The summed E-state index contributed by atoms with van der Waals surface area (Å²) in [6.45, 7) is 12.1. The third kappa shape index (κ3) is 8.18. The predicted octanol–water partition coefficient (Wildman–Crippen LogP) is 5.17. The number of ether oxygens (including phenoxy) is 1. The van der Waals surface area contributed by atoms with Gasteiger partial charge in [0.15, 0.2) is 5.65 Å². The molecule has 1 N–H and O–H groups in total. The van der Waals surface area contributed by atoms with Gasteiger partial charge >= 0.3 is 0 Å². The molecule has 1 saturated heterocycles. The minimum Gasteiger partial charge on any atom is -0.379 e.